The van der Waals surface area contributed by atoms with Crippen LogP contribution in [-0.2, 0) is 11.2 Å². The molecule has 2 bridgehead atoms. The summed E-state index contributed by atoms with van der Waals surface area (Å²) in [4.78, 5) is 19.8. The number of hydrogen-bond donors (Lipinski definition) is 0. The number of fused-ring (bicyclic) bond motifs is 2. The highest BCUT2D eigenvalue weighted by Crippen LogP contribution is 2.44. The van der Waals surface area contributed by atoms with Gasteiger partial charge < -0.3 is 9.42 Å². The second kappa shape index (κ2) is 7.19. The smallest absolute Gasteiger partial charge is 0.227 e. The summed E-state index contributed by atoms with van der Waals surface area (Å²) in [5.41, 5.74) is 2.16. The third kappa shape index (κ3) is 3.27. The minimum atomic E-state index is 0.213. The van der Waals surface area contributed by atoms with Gasteiger partial charge in [0.25, 0.3) is 0 Å². The van der Waals surface area contributed by atoms with Crippen LogP contribution in [0.25, 0.3) is 11.4 Å². The summed E-state index contributed by atoms with van der Waals surface area (Å²) in [5.74, 6) is 3.43. The maximum absolute atomic E-state index is 13.1. The quantitative estimate of drug-likeness (QED) is 0.755. The van der Waals surface area contributed by atoms with E-state index in [-0.39, 0.29) is 5.92 Å². The molecule has 2 fully saturated rings. The van der Waals surface area contributed by atoms with Gasteiger partial charge in [-0.05, 0) is 55.9 Å². The topological polar surface area (TPSA) is 59.2 Å². The Labute approximate surface area is 165 Å². The van der Waals surface area contributed by atoms with Gasteiger partial charge in [-0.15, -0.1) is 0 Å². The van der Waals surface area contributed by atoms with Crippen LogP contribution in [0, 0.1) is 30.6 Å². The zero-order chi connectivity index (χ0) is 19.1. The number of benzene rings is 1. The van der Waals surface area contributed by atoms with Crippen molar-refractivity contribution in [1.29, 1.82) is 0 Å². The second-order valence-electron chi connectivity index (χ2n) is 8.71. The molecular formula is C23H27N3O2. The maximum atomic E-state index is 13.1. The lowest BCUT2D eigenvalue weighted by molar-refractivity contribution is -0.138. The molecule has 1 aromatic carbocycles. The zero-order valence-corrected chi connectivity index (χ0v) is 16.4. The lowest BCUT2D eigenvalue weighted by Gasteiger charge is -2.35. The van der Waals surface area contributed by atoms with Crippen LogP contribution in [-0.4, -0.2) is 34.0 Å². The van der Waals surface area contributed by atoms with Crippen LogP contribution in [0.5, 0.6) is 0 Å². The van der Waals surface area contributed by atoms with E-state index < -0.39 is 0 Å². The molecule has 0 N–H and O–H groups in total. The molecule has 2 aromatic rings. The Morgan fingerprint density at radius 2 is 2.14 bits per heavy atom. The van der Waals surface area contributed by atoms with E-state index in [0.29, 0.717) is 35.4 Å². The molecule has 0 spiro atoms. The number of rotatable bonds is 4. The van der Waals surface area contributed by atoms with Crippen molar-refractivity contribution in [3.63, 3.8) is 0 Å². The molecule has 28 heavy (non-hydrogen) atoms. The Bertz CT molecular complexity index is 903. The van der Waals surface area contributed by atoms with E-state index in [9.17, 15) is 4.79 Å². The predicted molar refractivity (Wildman–Crippen MR) is 106 cm³/mol. The van der Waals surface area contributed by atoms with Gasteiger partial charge in [-0.1, -0.05) is 41.6 Å². The molecule has 1 saturated carbocycles. The van der Waals surface area contributed by atoms with Crippen LogP contribution in [0.4, 0.5) is 0 Å². The van der Waals surface area contributed by atoms with Crippen LogP contribution in [0.3, 0.4) is 0 Å². The van der Waals surface area contributed by atoms with Crippen molar-refractivity contribution in [3.05, 3.63) is 47.9 Å². The van der Waals surface area contributed by atoms with E-state index >= 15 is 0 Å². The molecule has 0 radical (unpaired) electrons. The molecule has 3 aliphatic rings. The molecule has 1 aliphatic heterocycles. The van der Waals surface area contributed by atoms with Gasteiger partial charge in [-0.3, -0.25) is 4.79 Å². The van der Waals surface area contributed by atoms with Crippen LogP contribution >= 0.6 is 0 Å². The molecule has 4 unspecified atom stereocenters. The molecule has 146 valence electrons. The Morgan fingerprint density at radius 3 is 2.93 bits per heavy atom. The Morgan fingerprint density at radius 1 is 1.25 bits per heavy atom. The summed E-state index contributed by atoms with van der Waals surface area (Å²) in [6, 6.07) is 8.09. The lowest BCUT2D eigenvalue weighted by Crippen LogP contribution is -2.44. The van der Waals surface area contributed by atoms with E-state index in [1.165, 1.54) is 6.42 Å². The van der Waals surface area contributed by atoms with Gasteiger partial charge in [0.1, 0.15) is 0 Å². The summed E-state index contributed by atoms with van der Waals surface area (Å²) in [7, 11) is 0. The van der Waals surface area contributed by atoms with E-state index in [0.717, 1.165) is 49.9 Å². The molecule has 5 nitrogen and oxygen atoms in total. The fraction of sp³-hybridized carbons (Fsp3) is 0.522. The van der Waals surface area contributed by atoms with Crippen molar-refractivity contribution in [1.82, 2.24) is 15.0 Å². The molecule has 1 amide bonds. The number of hydrogen-bond acceptors (Lipinski definition) is 4. The van der Waals surface area contributed by atoms with Crippen LogP contribution in [0.1, 0.15) is 37.1 Å². The average molecular weight is 377 g/mol. The predicted octanol–water partition coefficient (Wildman–Crippen LogP) is 4.04. The highest BCUT2D eigenvalue weighted by Gasteiger charge is 2.42. The minimum absolute atomic E-state index is 0.213. The molecule has 4 atom stereocenters. The lowest BCUT2D eigenvalue weighted by atomic mass is 9.89. The van der Waals surface area contributed by atoms with Gasteiger partial charge in [-0.25, -0.2) is 0 Å². The number of aryl methyl sites for hydroxylation is 1. The Hall–Kier alpha value is -2.43. The molecule has 5 rings (SSSR count). The van der Waals surface area contributed by atoms with Gasteiger partial charge in [0.05, 0.1) is 0 Å². The first-order valence-electron chi connectivity index (χ1n) is 10.5. The molecule has 1 aromatic heterocycles. The standard InChI is InChI=1S/C23H27N3O2/c1-15-5-2-3-7-19(15)22-24-21(28-25-22)13-17-6-4-10-26(14-17)23(27)20-12-16-8-9-18(20)11-16/h2-3,5,7-9,16-18,20H,4,6,10-14H2,1H3. The van der Waals surface area contributed by atoms with E-state index in [1.54, 1.807) is 0 Å². The highest BCUT2D eigenvalue weighted by molar-refractivity contribution is 5.80. The number of likely N-dealkylation sites (tertiary alicyclic amines) is 1. The van der Waals surface area contributed by atoms with Crippen molar-refractivity contribution in [2.24, 2.45) is 23.7 Å². The normalized spacial score (nSPS) is 28.8. The molecule has 5 heteroatoms. The second-order valence-corrected chi connectivity index (χ2v) is 8.71. The van der Waals surface area contributed by atoms with Crippen molar-refractivity contribution in [2.45, 2.75) is 39.0 Å². The fourth-order valence-electron chi connectivity index (χ4n) is 5.25. The number of nitrogens with zero attached hydrogens (tertiary/aromatic N) is 3. The summed E-state index contributed by atoms with van der Waals surface area (Å²) in [5, 5.41) is 4.18. The summed E-state index contributed by atoms with van der Waals surface area (Å²) in [6.45, 7) is 3.77. The van der Waals surface area contributed by atoms with Crippen LogP contribution < -0.4 is 0 Å². The first-order valence-corrected chi connectivity index (χ1v) is 10.5. The number of piperidine rings is 1. The zero-order valence-electron chi connectivity index (χ0n) is 16.4. The van der Waals surface area contributed by atoms with Crippen molar-refractivity contribution < 1.29 is 9.32 Å². The highest BCUT2D eigenvalue weighted by atomic mass is 16.5. The van der Waals surface area contributed by atoms with Gasteiger partial charge in [0.15, 0.2) is 0 Å². The van der Waals surface area contributed by atoms with Crippen molar-refractivity contribution >= 4 is 5.91 Å². The SMILES string of the molecule is Cc1ccccc1-c1noc(CC2CCCN(C(=O)C3CC4C=CC3C4)C2)n1. The number of carbonyl (C=O) groups is 1. The monoisotopic (exact) mass is 377 g/mol. The average Bonchev–Trinajstić information content (AvgIpc) is 3.45. The maximum Gasteiger partial charge on any atom is 0.227 e. The Kier molecular flexibility index (Phi) is 4.53. The Balaban J connectivity index is 1.23. The first-order chi connectivity index (χ1) is 13.7. The van der Waals surface area contributed by atoms with Crippen molar-refractivity contribution in [3.8, 4) is 11.4 Å². The summed E-state index contributed by atoms with van der Waals surface area (Å²) < 4.78 is 5.54. The van der Waals surface area contributed by atoms with E-state index in [2.05, 4.69) is 40.2 Å². The minimum Gasteiger partial charge on any atom is -0.342 e. The number of allylic oxidation sites excluding steroid dienone is 2. The first kappa shape index (κ1) is 17.7. The molecule has 2 heterocycles. The van der Waals surface area contributed by atoms with Crippen LogP contribution in [0.2, 0.25) is 0 Å². The van der Waals surface area contributed by atoms with E-state index in [4.69, 9.17) is 4.52 Å². The number of carbonyl (C=O) groups excluding carboxylic acids is 1. The third-order valence-corrected chi connectivity index (χ3v) is 6.74. The van der Waals surface area contributed by atoms with Gasteiger partial charge in [0, 0.05) is 31.0 Å². The summed E-state index contributed by atoms with van der Waals surface area (Å²) in [6.07, 6.45) is 9.72. The van der Waals surface area contributed by atoms with Crippen molar-refractivity contribution in [2.75, 3.05) is 13.1 Å². The largest absolute Gasteiger partial charge is 0.342 e. The molecule has 2 aliphatic carbocycles. The van der Waals surface area contributed by atoms with Gasteiger partial charge >= 0.3 is 0 Å². The van der Waals surface area contributed by atoms with Gasteiger partial charge in [-0.2, -0.15) is 4.98 Å². The fourth-order valence-corrected chi connectivity index (χ4v) is 5.25. The van der Waals surface area contributed by atoms with Gasteiger partial charge in [0.2, 0.25) is 17.6 Å². The van der Waals surface area contributed by atoms with E-state index in [1.807, 2.05) is 18.2 Å². The summed E-state index contributed by atoms with van der Waals surface area (Å²) >= 11 is 0. The number of amides is 1. The molecular weight excluding hydrogens is 350 g/mol. The third-order valence-electron chi connectivity index (χ3n) is 6.74. The molecule has 1 saturated heterocycles. The van der Waals surface area contributed by atoms with Crippen LogP contribution in [0.15, 0.2) is 40.9 Å². The number of aromatic nitrogens is 2.